The van der Waals surface area contributed by atoms with Crippen LogP contribution in [0, 0.1) is 0 Å². The van der Waals surface area contributed by atoms with E-state index in [1.807, 2.05) is 30.3 Å². The van der Waals surface area contributed by atoms with Gasteiger partial charge in [-0.1, -0.05) is 42.5 Å². The third-order valence-corrected chi connectivity index (χ3v) is 4.41. The van der Waals surface area contributed by atoms with Crippen molar-refractivity contribution in [3.63, 3.8) is 0 Å². The number of carbonyl (C=O) groups is 1. The summed E-state index contributed by atoms with van der Waals surface area (Å²) in [6.07, 6.45) is 2.93. The van der Waals surface area contributed by atoms with Gasteiger partial charge in [0, 0.05) is 6.08 Å². The summed E-state index contributed by atoms with van der Waals surface area (Å²) in [5.74, 6) is -0.911. The summed E-state index contributed by atoms with van der Waals surface area (Å²) in [4.78, 5) is 12.0. The first kappa shape index (κ1) is 20.5. The molecule has 0 aromatic heterocycles. The van der Waals surface area contributed by atoms with Crippen LogP contribution in [0.4, 0.5) is 13.2 Å². The number of alkyl halides is 3. The number of amides is 1. The second-order valence-electron chi connectivity index (χ2n) is 5.53. The van der Waals surface area contributed by atoms with Gasteiger partial charge in [0.15, 0.2) is 0 Å². The van der Waals surface area contributed by atoms with Crippen molar-refractivity contribution in [1.82, 2.24) is 5.32 Å². The third-order valence-electron chi connectivity index (χ3n) is 3.43. The molecule has 0 aliphatic heterocycles. The van der Waals surface area contributed by atoms with E-state index in [1.54, 1.807) is 13.0 Å². The number of hydrogen-bond donors (Lipinski definition) is 1. The predicted octanol–water partition coefficient (Wildman–Crippen LogP) is 3.81. The zero-order chi connectivity index (χ0) is 20.1. The number of benzene rings is 2. The highest BCUT2D eigenvalue weighted by Gasteiger charge is 2.48. The first-order chi connectivity index (χ1) is 12.6. The molecular weight excluding hydrogens is 383 g/mol. The molecule has 2 rings (SSSR count). The molecule has 0 saturated heterocycles. The van der Waals surface area contributed by atoms with Crippen LogP contribution in [0.3, 0.4) is 0 Å². The molecular formula is C18H16F3NO4S. The smallest absolute Gasteiger partial charge is 0.376 e. The fraction of sp³-hybridized carbons (Fsp3) is 0.167. The summed E-state index contributed by atoms with van der Waals surface area (Å²) in [6.45, 7) is 1.60. The molecule has 144 valence electrons. The summed E-state index contributed by atoms with van der Waals surface area (Å²) in [7, 11) is -5.75. The SMILES string of the molecule is C[C@H](NC(=O)C=Cc1ccccc1)c1cccc(OS(=O)(=O)C(F)(F)F)c1. The highest BCUT2D eigenvalue weighted by Crippen LogP contribution is 2.28. The van der Waals surface area contributed by atoms with Crippen LogP contribution in [-0.2, 0) is 14.9 Å². The van der Waals surface area contributed by atoms with Gasteiger partial charge in [-0.05, 0) is 36.3 Å². The maximum Gasteiger partial charge on any atom is 0.534 e. The maximum absolute atomic E-state index is 12.4. The van der Waals surface area contributed by atoms with Crippen molar-refractivity contribution in [1.29, 1.82) is 0 Å². The molecule has 0 bridgehead atoms. The maximum atomic E-state index is 12.4. The molecule has 27 heavy (non-hydrogen) atoms. The minimum Gasteiger partial charge on any atom is -0.376 e. The molecule has 1 amide bonds. The Morgan fingerprint density at radius 2 is 1.78 bits per heavy atom. The van der Waals surface area contributed by atoms with Gasteiger partial charge in [0.05, 0.1) is 6.04 Å². The summed E-state index contributed by atoms with van der Waals surface area (Å²) in [5, 5.41) is 2.63. The van der Waals surface area contributed by atoms with Crippen LogP contribution in [0.15, 0.2) is 60.7 Å². The van der Waals surface area contributed by atoms with Crippen LogP contribution in [0.1, 0.15) is 24.1 Å². The summed E-state index contributed by atoms with van der Waals surface area (Å²) in [5.41, 5.74) is -4.31. The van der Waals surface area contributed by atoms with Gasteiger partial charge in [-0.15, -0.1) is 0 Å². The van der Waals surface area contributed by atoms with Crippen LogP contribution in [0.2, 0.25) is 0 Å². The average molecular weight is 399 g/mol. The Balaban J connectivity index is 2.05. The molecule has 0 saturated carbocycles. The third kappa shape index (κ3) is 5.85. The van der Waals surface area contributed by atoms with Crippen molar-refractivity contribution in [2.24, 2.45) is 0 Å². The summed E-state index contributed by atoms with van der Waals surface area (Å²) in [6, 6.07) is 13.6. The van der Waals surface area contributed by atoms with Crippen molar-refractivity contribution in [2.45, 2.75) is 18.5 Å². The fourth-order valence-corrected chi connectivity index (χ4v) is 2.54. The standard InChI is InChI=1S/C18H16F3NO4S/c1-13(22-17(23)11-10-14-6-3-2-4-7-14)15-8-5-9-16(12-15)26-27(24,25)18(19,20)21/h2-13H,1H3,(H,22,23)/t13-/m0/s1. The van der Waals surface area contributed by atoms with Gasteiger partial charge < -0.3 is 9.50 Å². The number of rotatable bonds is 6. The predicted molar refractivity (Wildman–Crippen MR) is 94.1 cm³/mol. The summed E-state index contributed by atoms with van der Waals surface area (Å²) < 4.78 is 63.4. The van der Waals surface area contributed by atoms with Crippen LogP contribution in [0.5, 0.6) is 5.75 Å². The lowest BCUT2D eigenvalue weighted by Crippen LogP contribution is -2.28. The lowest BCUT2D eigenvalue weighted by Gasteiger charge is -2.15. The molecule has 9 heteroatoms. The van der Waals surface area contributed by atoms with Gasteiger partial charge in [-0.25, -0.2) is 0 Å². The van der Waals surface area contributed by atoms with E-state index in [0.717, 1.165) is 17.7 Å². The molecule has 0 heterocycles. The quantitative estimate of drug-likeness (QED) is 0.456. The molecule has 5 nitrogen and oxygen atoms in total. The molecule has 0 aliphatic rings. The highest BCUT2D eigenvalue weighted by molar-refractivity contribution is 7.88. The van der Waals surface area contributed by atoms with Crippen LogP contribution < -0.4 is 9.50 Å². The zero-order valence-corrected chi connectivity index (χ0v) is 14.9. The molecule has 0 radical (unpaired) electrons. The number of hydrogen-bond acceptors (Lipinski definition) is 4. The topological polar surface area (TPSA) is 72.5 Å². The molecule has 0 spiro atoms. The molecule has 0 unspecified atom stereocenters. The van der Waals surface area contributed by atoms with Crippen molar-refractivity contribution < 1.29 is 30.6 Å². The second kappa shape index (κ2) is 8.26. The normalized spacial score (nSPS) is 13.3. The number of carbonyl (C=O) groups excluding carboxylic acids is 1. The molecule has 1 N–H and O–H groups in total. The van der Waals surface area contributed by atoms with Gasteiger partial charge >= 0.3 is 15.6 Å². The first-order valence-electron chi connectivity index (χ1n) is 7.73. The number of nitrogens with one attached hydrogen (secondary N) is 1. The Bertz CT molecular complexity index is 925. The van der Waals surface area contributed by atoms with E-state index in [4.69, 9.17) is 0 Å². The van der Waals surface area contributed by atoms with Crippen molar-refractivity contribution in [3.05, 3.63) is 71.8 Å². The fourth-order valence-electron chi connectivity index (χ4n) is 2.09. The Morgan fingerprint density at radius 3 is 2.41 bits per heavy atom. The molecule has 0 aliphatic carbocycles. The Kier molecular flexibility index (Phi) is 6.27. The van der Waals surface area contributed by atoms with Crippen molar-refractivity contribution in [3.8, 4) is 5.75 Å². The van der Waals surface area contributed by atoms with E-state index in [9.17, 15) is 26.4 Å². The summed E-state index contributed by atoms with van der Waals surface area (Å²) >= 11 is 0. The average Bonchev–Trinajstić information content (AvgIpc) is 2.60. The highest BCUT2D eigenvalue weighted by atomic mass is 32.2. The van der Waals surface area contributed by atoms with Crippen LogP contribution in [-0.4, -0.2) is 19.8 Å². The first-order valence-corrected chi connectivity index (χ1v) is 9.14. The van der Waals surface area contributed by atoms with E-state index in [2.05, 4.69) is 9.50 Å². The lowest BCUT2D eigenvalue weighted by molar-refractivity contribution is -0.117. The van der Waals surface area contributed by atoms with Gasteiger partial charge in [-0.2, -0.15) is 21.6 Å². The van der Waals surface area contributed by atoms with Gasteiger partial charge in [-0.3, -0.25) is 4.79 Å². The van der Waals surface area contributed by atoms with E-state index in [1.165, 1.54) is 18.2 Å². The largest absolute Gasteiger partial charge is 0.534 e. The lowest BCUT2D eigenvalue weighted by atomic mass is 10.1. The van der Waals surface area contributed by atoms with Gasteiger partial charge in [0.2, 0.25) is 5.91 Å². The zero-order valence-electron chi connectivity index (χ0n) is 14.1. The van der Waals surface area contributed by atoms with E-state index in [0.29, 0.717) is 5.56 Å². The molecule has 2 aromatic carbocycles. The van der Waals surface area contributed by atoms with Gasteiger partial charge in [0.25, 0.3) is 0 Å². The monoisotopic (exact) mass is 399 g/mol. The van der Waals surface area contributed by atoms with E-state index >= 15 is 0 Å². The van der Waals surface area contributed by atoms with Crippen LogP contribution >= 0.6 is 0 Å². The Morgan fingerprint density at radius 1 is 1.11 bits per heavy atom. The molecule has 0 fully saturated rings. The van der Waals surface area contributed by atoms with E-state index < -0.39 is 33.3 Å². The Hall–Kier alpha value is -2.81. The van der Waals surface area contributed by atoms with Crippen molar-refractivity contribution in [2.75, 3.05) is 0 Å². The van der Waals surface area contributed by atoms with Crippen LogP contribution in [0.25, 0.3) is 6.08 Å². The van der Waals surface area contributed by atoms with Gasteiger partial charge in [0.1, 0.15) is 5.75 Å². The van der Waals surface area contributed by atoms with Crippen molar-refractivity contribution >= 4 is 22.1 Å². The minimum atomic E-state index is -5.75. The number of halogens is 3. The minimum absolute atomic E-state index is 0.381. The molecule has 1 atom stereocenters. The Labute approximate surface area is 154 Å². The molecule has 2 aromatic rings. The van der Waals surface area contributed by atoms with E-state index in [-0.39, 0.29) is 0 Å². The second-order valence-corrected chi connectivity index (χ2v) is 7.07.